The number of amides is 1. The van der Waals surface area contributed by atoms with E-state index in [9.17, 15) is 19.5 Å². The van der Waals surface area contributed by atoms with Gasteiger partial charge in [0.25, 0.3) is 5.91 Å². The summed E-state index contributed by atoms with van der Waals surface area (Å²) in [6.45, 7) is 0.855. The van der Waals surface area contributed by atoms with Crippen LogP contribution < -0.4 is 5.32 Å². The van der Waals surface area contributed by atoms with Crippen molar-refractivity contribution in [3.63, 3.8) is 0 Å². The van der Waals surface area contributed by atoms with Crippen molar-refractivity contribution >= 4 is 17.7 Å². The predicted octanol–water partition coefficient (Wildman–Crippen LogP) is 1.87. The average Bonchev–Trinajstić information content (AvgIpc) is 2.60. The second-order valence-electron chi connectivity index (χ2n) is 5.51. The summed E-state index contributed by atoms with van der Waals surface area (Å²) in [5, 5.41) is 12.1. The van der Waals surface area contributed by atoms with E-state index < -0.39 is 24.5 Å². The lowest BCUT2D eigenvalue weighted by Crippen LogP contribution is -2.43. The van der Waals surface area contributed by atoms with Gasteiger partial charge in [0.2, 0.25) is 0 Å². The van der Waals surface area contributed by atoms with Crippen molar-refractivity contribution in [2.45, 2.75) is 19.4 Å². The highest BCUT2D eigenvalue weighted by Gasteiger charge is 2.19. The topological polar surface area (TPSA) is 92.7 Å². The van der Waals surface area contributed by atoms with E-state index in [-0.39, 0.29) is 17.1 Å². The van der Waals surface area contributed by atoms with Crippen molar-refractivity contribution in [2.75, 3.05) is 6.61 Å². The number of hydrogen-bond acceptors (Lipinski definition) is 5. The van der Waals surface area contributed by atoms with Gasteiger partial charge < -0.3 is 15.2 Å². The van der Waals surface area contributed by atoms with Crippen LogP contribution in [0.4, 0.5) is 0 Å². The number of hydrogen-bond donors (Lipinski definition) is 2. The molecule has 0 aliphatic rings. The maximum Gasteiger partial charge on any atom is 0.342 e. The Morgan fingerprint density at radius 1 is 1.04 bits per heavy atom. The van der Waals surface area contributed by atoms with E-state index in [1.54, 1.807) is 12.1 Å². The fraction of sp³-hybridized carbons (Fsp3) is 0.211. The number of ether oxygens (including phenoxy) is 1. The van der Waals surface area contributed by atoms with Crippen LogP contribution in [-0.2, 0) is 20.7 Å². The van der Waals surface area contributed by atoms with Crippen LogP contribution in [0.3, 0.4) is 0 Å². The number of nitrogens with one attached hydrogen (secondary N) is 1. The first kappa shape index (κ1) is 18.2. The Balaban J connectivity index is 1.90. The van der Waals surface area contributed by atoms with Crippen molar-refractivity contribution in [1.82, 2.24) is 5.32 Å². The number of carbonyl (C=O) groups is 3. The normalized spacial score (nSPS) is 11.4. The highest BCUT2D eigenvalue weighted by Crippen LogP contribution is 2.16. The first-order chi connectivity index (χ1) is 12.0. The van der Waals surface area contributed by atoms with Crippen molar-refractivity contribution in [3.05, 3.63) is 65.7 Å². The molecule has 0 aromatic heterocycles. The molecule has 1 amide bonds. The molecule has 0 aliphatic carbocycles. The summed E-state index contributed by atoms with van der Waals surface area (Å²) in [5.41, 5.74) is 0.886. The summed E-state index contributed by atoms with van der Waals surface area (Å²) in [6.07, 6.45) is 0.356. The van der Waals surface area contributed by atoms with E-state index in [4.69, 9.17) is 4.74 Å². The zero-order valence-electron chi connectivity index (χ0n) is 13.8. The standard InChI is InChI=1S/C19H19NO5/c1-13(21)16(11-14-7-3-2-4-8-14)20-18(23)12-25-19(24)15-9-5-6-10-17(15)22/h2-10,16,22H,11-12H2,1H3,(H,20,23)/t16-/m0/s1. The van der Waals surface area contributed by atoms with Crippen LogP contribution in [0.1, 0.15) is 22.8 Å². The maximum absolute atomic E-state index is 12.0. The largest absolute Gasteiger partial charge is 0.507 e. The van der Waals surface area contributed by atoms with Gasteiger partial charge >= 0.3 is 5.97 Å². The number of carbonyl (C=O) groups excluding carboxylic acids is 3. The van der Waals surface area contributed by atoms with Gasteiger partial charge in [-0.2, -0.15) is 0 Å². The molecule has 0 saturated carbocycles. The van der Waals surface area contributed by atoms with Gasteiger partial charge in [0, 0.05) is 0 Å². The molecule has 0 bridgehead atoms. The molecule has 0 radical (unpaired) electrons. The van der Waals surface area contributed by atoms with Gasteiger partial charge in [-0.25, -0.2) is 4.79 Å². The van der Waals surface area contributed by atoms with Gasteiger partial charge in [-0.15, -0.1) is 0 Å². The predicted molar refractivity (Wildman–Crippen MR) is 91.1 cm³/mol. The molecule has 0 saturated heterocycles. The Morgan fingerprint density at radius 2 is 1.68 bits per heavy atom. The van der Waals surface area contributed by atoms with E-state index in [2.05, 4.69) is 5.32 Å². The number of aromatic hydroxyl groups is 1. The maximum atomic E-state index is 12.0. The third-order valence-electron chi connectivity index (χ3n) is 3.57. The van der Waals surface area contributed by atoms with Crippen LogP contribution in [0.25, 0.3) is 0 Å². The van der Waals surface area contributed by atoms with Crippen molar-refractivity contribution in [2.24, 2.45) is 0 Å². The van der Waals surface area contributed by atoms with Crippen LogP contribution in [0.2, 0.25) is 0 Å². The van der Waals surface area contributed by atoms with E-state index in [0.29, 0.717) is 6.42 Å². The SMILES string of the molecule is CC(=O)[C@H](Cc1ccccc1)NC(=O)COC(=O)c1ccccc1O. The molecule has 0 fully saturated rings. The van der Waals surface area contributed by atoms with Crippen LogP contribution in [0.15, 0.2) is 54.6 Å². The highest BCUT2D eigenvalue weighted by molar-refractivity contribution is 5.94. The van der Waals surface area contributed by atoms with Gasteiger partial charge in [-0.3, -0.25) is 9.59 Å². The number of benzene rings is 2. The highest BCUT2D eigenvalue weighted by atomic mass is 16.5. The summed E-state index contributed by atoms with van der Waals surface area (Å²) in [7, 11) is 0. The Morgan fingerprint density at radius 3 is 2.32 bits per heavy atom. The third kappa shape index (κ3) is 5.46. The monoisotopic (exact) mass is 341 g/mol. The second-order valence-corrected chi connectivity index (χ2v) is 5.51. The molecule has 6 nitrogen and oxygen atoms in total. The summed E-state index contributed by atoms with van der Waals surface area (Å²) in [5.74, 6) is -1.81. The van der Waals surface area contributed by atoms with Crippen LogP contribution >= 0.6 is 0 Å². The van der Waals surface area contributed by atoms with E-state index in [1.807, 2.05) is 30.3 Å². The molecule has 2 aromatic carbocycles. The van der Waals surface area contributed by atoms with Crippen molar-refractivity contribution < 1.29 is 24.2 Å². The molecule has 0 heterocycles. The fourth-order valence-electron chi connectivity index (χ4n) is 2.24. The van der Waals surface area contributed by atoms with Gasteiger partial charge in [0.15, 0.2) is 12.4 Å². The number of ketones is 1. The average molecular weight is 341 g/mol. The first-order valence-electron chi connectivity index (χ1n) is 7.76. The van der Waals surface area contributed by atoms with Gasteiger partial charge in [-0.1, -0.05) is 42.5 Å². The van der Waals surface area contributed by atoms with Gasteiger partial charge in [0.05, 0.1) is 6.04 Å². The lowest BCUT2D eigenvalue weighted by molar-refractivity contribution is -0.128. The fourth-order valence-corrected chi connectivity index (χ4v) is 2.24. The molecular weight excluding hydrogens is 322 g/mol. The quantitative estimate of drug-likeness (QED) is 0.750. The number of Topliss-reactive ketones (excluding diaryl/α,β-unsaturated/α-hetero) is 1. The molecule has 1 atom stereocenters. The minimum atomic E-state index is -0.810. The molecular formula is C19H19NO5. The number of esters is 1. The summed E-state index contributed by atoms with van der Waals surface area (Å²) in [6, 6.07) is 14.5. The number of phenolic OH excluding ortho intramolecular Hbond substituents is 1. The lowest BCUT2D eigenvalue weighted by Gasteiger charge is -2.16. The molecule has 0 spiro atoms. The summed E-state index contributed by atoms with van der Waals surface area (Å²) in [4.78, 5) is 35.5. The van der Waals surface area contributed by atoms with E-state index in [0.717, 1.165) is 5.56 Å². The molecule has 0 aliphatic heterocycles. The molecule has 2 N–H and O–H groups in total. The summed E-state index contributed by atoms with van der Waals surface area (Å²) >= 11 is 0. The molecule has 25 heavy (non-hydrogen) atoms. The summed E-state index contributed by atoms with van der Waals surface area (Å²) < 4.78 is 4.88. The number of para-hydroxylation sites is 1. The minimum Gasteiger partial charge on any atom is -0.507 e. The van der Waals surface area contributed by atoms with Crippen LogP contribution in [0.5, 0.6) is 5.75 Å². The molecule has 130 valence electrons. The van der Waals surface area contributed by atoms with E-state index >= 15 is 0 Å². The minimum absolute atomic E-state index is 0.0253. The Hall–Kier alpha value is -3.15. The van der Waals surface area contributed by atoms with Crippen molar-refractivity contribution in [3.8, 4) is 5.75 Å². The third-order valence-corrected chi connectivity index (χ3v) is 3.57. The zero-order valence-corrected chi connectivity index (χ0v) is 13.8. The molecule has 6 heteroatoms. The van der Waals surface area contributed by atoms with Gasteiger partial charge in [0.1, 0.15) is 11.3 Å². The number of phenols is 1. The van der Waals surface area contributed by atoms with E-state index in [1.165, 1.54) is 19.1 Å². The Bertz CT molecular complexity index is 757. The van der Waals surface area contributed by atoms with Crippen molar-refractivity contribution in [1.29, 1.82) is 0 Å². The molecule has 0 unspecified atom stereocenters. The zero-order chi connectivity index (χ0) is 18.2. The Kier molecular flexibility index (Phi) is 6.28. The molecule has 2 rings (SSSR count). The first-order valence-corrected chi connectivity index (χ1v) is 7.76. The smallest absolute Gasteiger partial charge is 0.342 e. The van der Waals surface area contributed by atoms with Gasteiger partial charge in [-0.05, 0) is 31.0 Å². The van der Waals surface area contributed by atoms with Crippen LogP contribution in [0, 0.1) is 0 Å². The number of rotatable bonds is 7. The van der Waals surface area contributed by atoms with Crippen LogP contribution in [-0.4, -0.2) is 35.4 Å². The Labute approximate surface area is 145 Å². The molecule has 2 aromatic rings. The second kappa shape index (κ2) is 8.63. The lowest BCUT2D eigenvalue weighted by atomic mass is 10.0.